The molecule has 2 nitrogen and oxygen atoms in total. The lowest BCUT2D eigenvalue weighted by atomic mass is 10.2. The maximum atomic E-state index is 6.08. The van der Waals surface area contributed by atoms with Crippen molar-refractivity contribution in [2.45, 2.75) is 19.4 Å². The third-order valence-electron chi connectivity index (χ3n) is 3.83. The molecule has 1 aliphatic heterocycles. The Hall–Kier alpha value is -1.19. The Kier molecular flexibility index (Phi) is 4.71. The molecule has 0 atom stereocenters. The van der Waals surface area contributed by atoms with Crippen molar-refractivity contribution in [1.29, 1.82) is 0 Å². The van der Waals surface area contributed by atoms with E-state index in [-0.39, 0.29) is 0 Å². The average Bonchev–Trinajstić information content (AvgIpc) is 3.03. The molecule has 0 amide bonds. The first-order chi connectivity index (χ1) is 10.2. The lowest BCUT2D eigenvalue weighted by Crippen LogP contribution is -2.19. The summed E-state index contributed by atoms with van der Waals surface area (Å²) in [5, 5.41) is 4.31. The van der Waals surface area contributed by atoms with Crippen LogP contribution in [0.2, 0.25) is 5.02 Å². The van der Waals surface area contributed by atoms with Crippen LogP contribution in [0, 0.1) is 0 Å². The summed E-state index contributed by atoms with van der Waals surface area (Å²) in [4.78, 5) is 2.45. The van der Waals surface area contributed by atoms with E-state index in [0.29, 0.717) is 0 Å². The van der Waals surface area contributed by atoms with Crippen LogP contribution in [0.25, 0.3) is 0 Å². The molecule has 1 saturated heterocycles. The van der Waals surface area contributed by atoms with E-state index >= 15 is 0 Å². The van der Waals surface area contributed by atoms with Gasteiger partial charge in [0.1, 0.15) is 0 Å². The zero-order valence-corrected chi connectivity index (χ0v) is 14.1. The molecule has 3 rings (SSSR count). The summed E-state index contributed by atoms with van der Waals surface area (Å²) in [6.45, 7) is 3.06. The largest absolute Gasteiger partial charge is 0.379 e. The summed E-state index contributed by atoms with van der Waals surface area (Å²) in [5.41, 5.74) is 3.65. The van der Waals surface area contributed by atoms with E-state index in [2.05, 4.69) is 50.4 Å². The Morgan fingerprint density at radius 1 is 1.10 bits per heavy atom. The minimum Gasteiger partial charge on any atom is -0.379 e. The molecule has 1 fully saturated rings. The maximum absolute atomic E-state index is 6.08. The van der Waals surface area contributed by atoms with E-state index in [1.807, 2.05) is 18.2 Å². The summed E-state index contributed by atoms with van der Waals surface area (Å²) in [6.07, 6.45) is 2.57. The van der Waals surface area contributed by atoms with E-state index in [1.165, 1.54) is 29.8 Å². The molecule has 2 aromatic carbocycles. The van der Waals surface area contributed by atoms with E-state index in [4.69, 9.17) is 11.6 Å². The van der Waals surface area contributed by atoms with Crippen LogP contribution < -0.4 is 10.2 Å². The fraction of sp³-hybridized carbons (Fsp3) is 0.294. The zero-order chi connectivity index (χ0) is 14.7. The predicted octanol–water partition coefficient (Wildman–Crippen LogP) is 5.31. The molecule has 0 unspecified atom stereocenters. The highest BCUT2D eigenvalue weighted by molar-refractivity contribution is 9.10. The Labute approximate surface area is 139 Å². The molecule has 0 bridgehead atoms. The van der Waals surface area contributed by atoms with Crippen LogP contribution in [0.3, 0.4) is 0 Å². The molecule has 0 spiro atoms. The summed E-state index contributed by atoms with van der Waals surface area (Å²) >= 11 is 9.66. The number of nitrogens with one attached hydrogen (secondary N) is 1. The van der Waals surface area contributed by atoms with Gasteiger partial charge in [-0.15, -0.1) is 0 Å². The third-order valence-corrected chi connectivity index (χ3v) is 4.84. The van der Waals surface area contributed by atoms with Crippen LogP contribution in [0.15, 0.2) is 46.9 Å². The van der Waals surface area contributed by atoms with Crippen molar-refractivity contribution in [3.8, 4) is 0 Å². The van der Waals surface area contributed by atoms with Gasteiger partial charge in [-0.25, -0.2) is 0 Å². The number of para-hydroxylation sites is 2. The lowest BCUT2D eigenvalue weighted by Gasteiger charge is -2.22. The normalized spacial score (nSPS) is 14.5. The Balaban J connectivity index is 1.77. The first-order valence-electron chi connectivity index (χ1n) is 7.26. The number of hydrogen-bond acceptors (Lipinski definition) is 2. The molecular formula is C17H18BrClN2. The number of benzene rings is 2. The second-order valence-electron chi connectivity index (χ2n) is 5.30. The molecule has 0 radical (unpaired) electrons. The standard InChI is InChI=1S/C17H18BrClN2/c18-15-8-7-14(19)11-13(15)12-20-16-5-1-2-6-17(16)21-9-3-4-10-21/h1-2,5-8,11,20H,3-4,9-10,12H2. The Morgan fingerprint density at radius 2 is 1.86 bits per heavy atom. The highest BCUT2D eigenvalue weighted by atomic mass is 79.9. The van der Waals surface area contributed by atoms with Crippen LogP contribution in [0.5, 0.6) is 0 Å². The van der Waals surface area contributed by atoms with E-state index in [9.17, 15) is 0 Å². The molecule has 2 aromatic rings. The SMILES string of the molecule is Clc1ccc(Br)c(CNc2ccccc2N2CCCC2)c1. The number of anilines is 2. The fourth-order valence-electron chi connectivity index (χ4n) is 2.73. The second kappa shape index (κ2) is 6.71. The van der Waals surface area contributed by atoms with Gasteiger partial charge in [-0.05, 0) is 48.7 Å². The van der Waals surface area contributed by atoms with Gasteiger partial charge < -0.3 is 10.2 Å². The van der Waals surface area contributed by atoms with Crippen molar-refractivity contribution in [2.75, 3.05) is 23.3 Å². The highest BCUT2D eigenvalue weighted by Gasteiger charge is 2.15. The highest BCUT2D eigenvalue weighted by Crippen LogP contribution is 2.30. The molecule has 1 heterocycles. The monoisotopic (exact) mass is 364 g/mol. The van der Waals surface area contributed by atoms with E-state index in [0.717, 1.165) is 29.1 Å². The molecule has 0 saturated carbocycles. The third kappa shape index (κ3) is 3.53. The van der Waals surface area contributed by atoms with Crippen molar-refractivity contribution in [3.05, 3.63) is 57.5 Å². The molecule has 4 heteroatoms. The minimum absolute atomic E-state index is 0.756. The van der Waals surface area contributed by atoms with Gasteiger partial charge >= 0.3 is 0 Å². The number of hydrogen-bond donors (Lipinski definition) is 1. The van der Waals surface area contributed by atoms with Gasteiger partial charge in [-0.2, -0.15) is 0 Å². The number of rotatable bonds is 4. The van der Waals surface area contributed by atoms with Crippen molar-refractivity contribution >= 4 is 38.9 Å². The van der Waals surface area contributed by atoms with Crippen LogP contribution in [-0.4, -0.2) is 13.1 Å². The van der Waals surface area contributed by atoms with Crippen molar-refractivity contribution < 1.29 is 0 Å². The molecule has 1 aliphatic rings. The van der Waals surface area contributed by atoms with Crippen LogP contribution in [0.1, 0.15) is 18.4 Å². The molecule has 0 aromatic heterocycles. The summed E-state index contributed by atoms with van der Waals surface area (Å²) in [7, 11) is 0. The average molecular weight is 366 g/mol. The Morgan fingerprint density at radius 3 is 2.67 bits per heavy atom. The van der Waals surface area contributed by atoms with Gasteiger partial charge in [0.15, 0.2) is 0 Å². The van der Waals surface area contributed by atoms with Crippen molar-refractivity contribution in [2.24, 2.45) is 0 Å². The lowest BCUT2D eigenvalue weighted by molar-refractivity contribution is 0.949. The predicted molar refractivity (Wildman–Crippen MR) is 94.4 cm³/mol. The van der Waals surface area contributed by atoms with Crippen molar-refractivity contribution in [3.63, 3.8) is 0 Å². The topological polar surface area (TPSA) is 15.3 Å². The number of nitrogens with zero attached hydrogens (tertiary/aromatic N) is 1. The Bertz CT molecular complexity index is 624. The first kappa shape index (κ1) is 14.7. The smallest absolute Gasteiger partial charge is 0.0602 e. The van der Waals surface area contributed by atoms with Crippen LogP contribution in [-0.2, 0) is 6.54 Å². The quantitative estimate of drug-likeness (QED) is 0.789. The van der Waals surface area contributed by atoms with Gasteiger partial charge in [-0.3, -0.25) is 0 Å². The maximum Gasteiger partial charge on any atom is 0.0602 e. The van der Waals surface area contributed by atoms with E-state index in [1.54, 1.807) is 0 Å². The van der Waals surface area contributed by atoms with Gasteiger partial charge in [0, 0.05) is 29.1 Å². The molecule has 0 aliphatic carbocycles. The second-order valence-corrected chi connectivity index (χ2v) is 6.59. The summed E-state index contributed by atoms with van der Waals surface area (Å²) in [5.74, 6) is 0. The van der Waals surface area contributed by atoms with Gasteiger partial charge in [-0.1, -0.05) is 39.7 Å². The molecule has 110 valence electrons. The fourth-order valence-corrected chi connectivity index (χ4v) is 3.31. The molecular weight excluding hydrogens is 348 g/mol. The van der Waals surface area contributed by atoms with Crippen molar-refractivity contribution in [1.82, 2.24) is 0 Å². The zero-order valence-electron chi connectivity index (χ0n) is 11.8. The van der Waals surface area contributed by atoms with Crippen LogP contribution >= 0.6 is 27.5 Å². The molecule has 1 N–H and O–H groups in total. The molecule has 21 heavy (non-hydrogen) atoms. The minimum atomic E-state index is 0.756. The van der Waals surface area contributed by atoms with Gasteiger partial charge in [0.05, 0.1) is 11.4 Å². The van der Waals surface area contributed by atoms with Crippen LogP contribution in [0.4, 0.5) is 11.4 Å². The van der Waals surface area contributed by atoms with Gasteiger partial charge in [0.2, 0.25) is 0 Å². The first-order valence-corrected chi connectivity index (χ1v) is 8.43. The van der Waals surface area contributed by atoms with E-state index < -0.39 is 0 Å². The summed E-state index contributed by atoms with van der Waals surface area (Å²) < 4.78 is 1.08. The summed E-state index contributed by atoms with van der Waals surface area (Å²) in [6, 6.07) is 14.4. The number of halogens is 2. The van der Waals surface area contributed by atoms with Gasteiger partial charge in [0.25, 0.3) is 0 Å².